The van der Waals surface area contributed by atoms with Crippen molar-refractivity contribution in [3.05, 3.63) is 52.8 Å². The topological polar surface area (TPSA) is 67.9 Å². The first-order valence-corrected chi connectivity index (χ1v) is 9.55. The molecule has 1 saturated heterocycles. The summed E-state index contributed by atoms with van der Waals surface area (Å²) < 4.78 is 24.2. The van der Waals surface area contributed by atoms with Gasteiger partial charge in [0.25, 0.3) is 0 Å². The van der Waals surface area contributed by atoms with Crippen molar-refractivity contribution in [2.45, 2.75) is 12.8 Å². The van der Waals surface area contributed by atoms with Crippen LogP contribution in [0.15, 0.2) is 36.4 Å². The van der Waals surface area contributed by atoms with Crippen LogP contribution in [-0.2, 0) is 16.0 Å². The summed E-state index contributed by atoms with van der Waals surface area (Å²) in [5, 5.41) is 3.13. The van der Waals surface area contributed by atoms with E-state index < -0.39 is 5.92 Å². The Morgan fingerprint density at radius 3 is 2.66 bits per heavy atom. The maximum Gasteiger partial charge on any atom is 0.227 e. The molecule has 2 aromatic carbocycles. The molecule has 2 amide bonds. The second-order valence-electron chi connectivity index (χ2n) is 6.70. The van der Waals surface area contributed by atoms with Gasteiger partial charge < -0.3 is 19.7 Å². The minimum atomic E-state index is -0.506. The van der Waals surface area contributed by atoms with E-state index in [-0.39, 0.29) is 30.6 Å². The predicted octanol–water partition coefficient (Wildman–Crippen LogP) is 3.21. The Balaban J connectivity index is 1.65. The number of carbonyl (C=O) groups excluding carboxylic acids is 2. The van der Waals surface area contributed by atoms with Gasteiger partial charge in [0, 0.05) is 25.6 Å². The molecule has 0 spiro atoms. The lowest BCUT2D eigenvalue weighted by molar-refractivity contribution is -0.126. The molecule has 0 aromatic heterocycles. The maximum atomic E-state index is 13.7. The number of hydrogen-bond acceptors (Lipinski definition) is 4. The molecule has 1 fully saturated rings. The molecule has 1 heterocycles. The standard InChI is InChI=1S/C21H22ClFN2O4/c1-28-18-11-19(29-2)17(10-15(18)22)25-12-14(9-20(25)26)21(27)24-8-7-13-5-3-4-6-16(13)23/h3-6,10-11,14H,7-9,12H2,1-2H3,(H,24,27). The van der Waals surface area contributed by atoms with Gasteiger partial charge in [-0.2, -0.15) is 0 Å². The molecule has 1 N–H and O–H groups in total. The Morgan fingerprint density at radius 2 is 1.97 bits per heavy atom. The first kappa shape index (κ1) is 20.9. The molecule has 0 bridgehead atoms. The second-order valence-corrected chi connectivity index (χ2v) is 7.10. The summed E-state index contributed by atoms with van der Waals surface area (Å²) in [6.07, 6.45) is 0.461. The number of carbonyl (C=O) groups is 2. The molecule has 6 nitrogen and oxygen atoms in total. The number of nitrogens with zero attached hydrogens (tertiary/aromatic N) is 1. The summed E-state index contributed by atoms with van der Waals surface area (Å²) in [5.41, 5.74) is 1.03. The maximum absolute atomic E-state index is 13.7. The van der Waals surface area contributed by atoms with Crippen LogP contribution in [0.5, 0.6) is 11.5 Å². The van der Waals surface area contributed by atoms with Crippen LogP contribution in [0.2, 0.25) is 5.02 Å². The largest absolute Gasteiger partial charge is 0.495 e. The molecule has 2 aromatic rings. The molecule has 154 valence electrons. The van der Waals surface area contributed by atoms with Crippen LogP contribution >= 0.6 is 11.6 Å². The fraction of sp³-hybridized carbons (Fsp3) is 0.333. The quantitative estimate of drug-likeness (QED) is 0.746. The summed E-state index contributed by atoms with van der Waals surface area (Å²) >= 11 is 6.19. The van der Waals surface area contributed by atoms with Crippen molar-refractivity contribution >= 4 is 29.1 Å². The van der Waals surface area contributed by atoms with Crippen LogP contribution in [0.1, 0.15) is 12.0 Å². The van der Waals surface area contributed by atoms with Crippen LogP contribution in [-0.4, -0.2) is 39.1 Å². The predicted molar refractivity (Wildman–Crippen MR) is 108 cm³/mol. The number of ether oxygens (including phenoxy) is 2. The van der Waals surface area contributed by atoms with E-state index in [1.54, 1.807) is 30.3 Å². The number of nitrogens with one attached hydrogen (secondary N) is 1. The molecule has 8 heteroatoms. The van der Waals surface area contributed by atoms with Gasteiger partial charge in [0.2, 0.25) is 11.8 Å². The van der Waals surface area contributed by atoms with Crippen LogP contribution < -0.4 is 19.7 Å². The third-order valence-electron chi connectivity index (χ3n) is 4.89. The average Bonchev–Trinajstić information content (AvgIpc) is 3.10. The fourth-order valence-corrected chi connectivity index (χ4v) is 3.57. The molecule has 0 aliphatic carbocycles. The van der Waals surface area contributed by atoms with Gasteiger partial charge in [-0.3, -0.25) is 9.59 Å². The van der Waals surface area contributed by atoms with Gasteiger partial charge in [-0.25, -0.2) is 4.39 Å². The molecule has 1 unspecified atom stereocenters. The Kier molecular flexibility index (Phi) is 6.59. The zero-order valence-electron chi connectivity index (χ0n) is 16.2. The lowest BCUT2D eigenvalue weighted by Crippen LogP contribution is -2.34. The van der Waals surface area contributed by atoms with Crippen LogP contribution in [0, 0.1) is 11.7 Å². The van der Waals surface area contributed by atoms with Gasteiger partial charge in [-0.1, -0.05) is 29.8 Å². The van der Waals surface area contributed by atoms with Gasteiger partial charge in [0.05, 0.1) is 30.8 Å². The highest BCUT2D eigenvalue weighted by Gasteiger charge is 2.36. The molecule has 29 heavy (non-hydrogen) atoms. The molecule has 0 saturated carbocycles. The van der Waals surface area contributed by atoms with Crippen LogP contribution in [0.25, 0.3) is 0 Å². The van der Waals surface area contributed by atoms with Gasteiger partial charge in [0.1, 0.15) is 17.3 Å². The molecule has 1 atom stereocenters. The van der Waals surface area contributed by atoms with Gasteiger partial charge in [-0.05, 0) is 24.1 Å². The molecule has 3 rings (SSSR count). The third kappa shape index (κ3) is 4.62. The zero-order valence-corrected chi connectivity index (χ0v) is 17.0. The molecule has 1 aliphatic heterocycles. The normalized spacial score (nSPS) is 16.1. The molecular weight excluding hydrogens is 399 g/mol. The number of benzene rings is 2. The summed E-state index contributed by atoms with van der Waals surface area (Å²) in [4.78, 5) is 26.5. The van der Waals surface area contributed by atoms with Gasteiger partial charge in [0.15, 0.2) is 0 Å². The number of hydrogen-bond donors (Lipinski definition) is 1. The van der Waals surface area contributed by atoms with E-state index in [2.05, 4.69) is 5.32 Å². The van der Waals surface area contributed by atoms with E-state index in [4.69, 9.17) is 21.1 Å². The van der Waals surface area contributed by atoms with E-state index in [0.29, 0.717) is 40.7 Å². The first-order chi connectivity index (χ1) is 13.9. The summed E-state index contributed by atoms with van der Waals surface area (Å²) in [6, 6.07) is 9.64. The van der Waals surface area contributed by atoms with Crippen molar-refractivity contribution in [3.8, 4) is 11.5 Å². The SMILES string of the molecule is COc1cc(OC)c(N2CC(C(=O)NCCc3ccccc3F)CC2=O)cc1Cl. The Labute approximate surface area is 173 Å². The number of methoxy groups -OCH3 is 2. The van der Waals surface area contributed by atoms with Crippen molar-refractivity contribution in [2.75, 3.05) is 32.2 Å². The number of amides is 2. The van der Waals surface area contributed by atoms with E-state index in [1.165, 1.54) is 25.2 Å². The summed E-state index contributed by atoms with van der Waals surface area (Å²) in [5.74, 6) is -0.378. The summed E-state index contributed by atoms with van der Waals surface area (Å²) in [6.45, 7) is 0.505. The van der Waals surface area contributed by atoms with E-state index in [9.17, 15) is 14.0 Å². The van der Waals surface area contributed by atoms with Gasteiger partial charge >= 0.3 is 0 Å². The first-order valence-electron chi connectivity index (χ1n) is 9.17. The average molecular weight is 421 g/mol. The summed E-state index contributed by atoms with van der Waals surface area (Å²) in [7, 11) is 2.97. The Morgan fingerprint density at radius 1 is 1.24 bits per heavy atom. The molecule has 1 aliphatic rings. The van der Waals surface area contributed by atoms with E-state index >= 15 is 0 Å². The minimum absolute atomic E-state index is 0.0817. The van der Waals surface area contributed by atoms with Gasteiger partial charge in [-0.15, -0.1) is 0 Å². The van der Waals surface area contributed by atoms with Crippen LogP contribution in [0.4, 0.5) is 10.1 Å². The van der Waals surface area contributed by atoms with Crippen LogP contribution in [0.3, 0.4) is 0 Å². The van der Waals surface area contributed by atoms with Crippen molar-refractivity contribution in [1.29, 1.82) is 0 Å². The lowest BCUT2D eigenvalue weighted by Gasteiger charge is -2.21. The lowest BCUT2D eigenvalue weighted by atomic mass is 10.1. The second kappa shape index (κ2) is 9.13. The highest BCUT2D eigenvalue weighted by molar-refractivity contribution is 6.32. The monoisotopic (exact) mass is 420 g/mol. The zero-order chi connectivity index (χ0) is 21.0. The van der Waals surface area contributed by atoms with E-state index in [1.807, 2.05) is 0 Å². The highest BCUT2D eigenvalue weighted by Crippen LogP contribution is 2.40. The Bertz CT molecular complexity index is 922. The fourth-order valence-electron chi connectivity index (χ4n) is 3.34. The third-order valence-corrected chi connectivity index (χ3v) is 5.19. The molecular formula is C21H22ClFN2O4. The van der Waals surface area contributed by atoms with Crippen molar-refractivity contribution < 1.29 is 23.5 Å². The number of rotatable bonds is 7. The number of anilines is 1. The van der Waals surface area contributed by atoms with Crippen molar-refractivity contribution in [2.24, 2.45) is 5.92 Å². The van der Waals surface area contributed by atoms with Crippen molar-refractivity contribution in [3.63, 3.8) is 0 Å². The smallest absolute Gasteiger partial charge is 0.227 e. The highest BCUT2D eigenvalue weighted by atomic mass is 35.5. The molecule has 0 radical (unpaired) electrons. The van der Waals surface area contributed by atoms with E-state index in [0.717, 1.165) is 0 Å². The number of halogens is 2. The van der Waals surface area contributed by atoms with Crippen molar-refractivity contribution in [1.82, 2.24) is 5.32 Å². The minimum Gasteiger partial charge on any atom is -0.495 e. The Hall–Kier alpha value is -2.80.